The van der Waals surface area contributed by atoms with E-state index in [1.54, 1.807) is 6.07 Å². The lowest BCUT2D eigenvalue weighted by atomic mass is 10.1. The number of rotatable bonds is 5. The van der Waals surface area contributed by atoms with Crippen molar-refractivity contribution in [1.29, 1.82) is 0 Å². The molecule has 8 nitrogen and oxygen atoms in total. The van der Waals surface area contributed by atoms with E-state index in [0.717, 1.165) is 16.3 Å². The van der Waals surface area contributed by atoms with Crippen LogP contribution in [0.15, 0.2) is 65.2 Å². The number of nitro benzene ring substituents is 1. The monoisotopic (exact) mass is 432 g/mol. The zero-order chi connectivity index (χ0) is 21.3. The van der Waals surface area contributed by atoms with Crippen LogP contribution in [0.25, 0.3) is 22.2 Å². The van der Waals surface area contributed by atoms with Gasteiger partial charge in [0.2, 0.25) is 0 Å². The van der Waals surface area contributed by atoms with Gasteiger partial charge in [-0.1, -0.05) is 0 Å². The Morgan fingerprint density at radius 2 is 1.73 bits per heavy atom. The summed E-state index contributed by atoms with van der Waals surface area (Å²) in [6.07, 6.45) is 1.21. The van der Waals surface area contributed by atoms with Crippen LogP contribution in [0.3, 0.4) is 0 Å². The van der Waals surface area contributed by atoms with Gasteiger partial charge in [-0.05, 0) is 36.0 Å². The zero-order valence-electron chi connectivity index (χ0n) is 14.9. The Labute approximate surface area is 170 Å². The Bertz CT molecular complexity index is 1230. The SMILES string of the molecule is O=[N+]([O-])c1ccc(Sc2nnc(-c3ccncc3)n2CC(F)(F)F)c2ccncc12. The number of benzene rings is 1. The fourth-order valence-corrected chi connectivity index (χ4v) is 3.86. The molecule has 3 heterocycles. The lowest BCUT2D eigenvalue weighted by Gasteiger charge is -2.13. The molecule has 0 bridgehead atoms. The molecule has 0 aliphatic rings. The minimum Gasteiger partial charge on any atom is -0.293 e. The predicted molar refractivity (Wildman–Crippen MR) is 102 cm³/mol. The normalized spacial score (nSPS) is 11.7. The predicted octanol–water partition coefficient (Wildman–Crippen LogP) is 4.51. The molecule has 0 saturated heterocycles. The van der Waals surface area contributed by atoms with Crippen LogP contribution >= 0.6 is 11.8 Å². The number of hydrogen-bond donors (Lipinski definition) is 0. The van der Waals surface area contributed by atoms with Gasteiger partial charge in [0.15, 0.2) is 11.0 Å². The van der Waals surface area contributed by atoms with E-state index >= 15 is 0 Å². The van der Waals surface area contributed by atoms with E-state index < -0.39 is 17.6 Å². The third-order valence-electron chi connectivity index (χ3n) is 4.15. The smallest absolute Gasteiger partial charge is 0.293 e. The first-order valence-electron chi connectivity index (χ1n) is 8.43. The first-order chi connectivity index (χ1) is 14.3. The second kappa shape index (κ2) is 7.71. The van der Waals surface area contributed by atoms with Crippen molar-refractivity contribution in [3.05, 3.63) is 65.2 Å². The summed E-state index contributed by atoms with van der Waals surface area (Å²) in [6, 6.07) is 7.42. The molecule has 30 heavy (non-hydrogen) atoms. The molecule has 0 fully saturated rings. The molecule has 152 valence electrons. The quantitative estimate of drug-likeness (QED) is 0.338. The average molecular weight is 432 g/mol. The van der Waals surface area contributed by atoms with E-state index in [-0.39, 0.29) is 22.1 Å². The molecule has 0 radical (unpaired) electrons. The van der Waals surface area contributed by atoms with E-state index in [0.29, 0.717) is 15.8 Å². The van der Waals surface area contributed by atoms with Crippen LogP contribution in [-0.4, -0.2) is 35.8 Å². The van der Waals surface area contributed by atoms with Crippen molar-refractivity contribution < 1.29 is 18.1 Å². The Morgan fingerprint density at radius 1 is 1.00 bits per heavy atom. The summed E-state index contributed by atoms with van der Waals surface area (Å²) < 4.78 is 40.7. The average Bonchev–Trinajstić information content (AvgIpc) is 3.09. The number of nitrogens with zero attached hydrogens (tertiary/aromatic N) is 6. The summed E-state index contributed by atoms with van der Waals surface area (Å²) in [7, 11) is 0. The molecule has 0 aliphatic heterocycles. The van der Waals surface area contributed by atoms with Crippen LogP contribution in [0.4, 0.5) is 18.9 Å². The lowest BCUT2D eigenvalue weighted by Crippen LogP contribution is -2.19. The van der Waals surface area contributed by atoms with Gasteiger partial charge in [0.05, 0.1) is 10.3 Å². The maximum absolute atomic E-state index is 13.2. The van der Waals surface area contributed by atoms with E-state index in [4.69, 9.17) is 0 Å². The first kappa shape index (κ1) is 19.8. The van der Waals surface area contributed by atoms with Gasteiger partial charge in [0.1, 0.15) is 6.54 Å². The molecule has 0 saturated carbocycles. The maximum atomic E-state index is 13.2. The van der Waals surface area contributed by atoms with Crippen LogP contribution in [-0.2, 0) is 6.54 Å². The zero-order valence-corrected chi connectivity index (χ0v) is 15.8. The van der Waals surface area contributed by atoms with E-state index in [1.807, 2.05) is 0 Å². The summed E-state index contributed by atoms with van der Waals surface area (Å²) in [5, 5.41) is 19.9. The first-order valence-corrected chi connectivity index (χ1v) is 9.24. The van der Waals surface area contributed by atoms with Crippen LogP contribution in [0.2, 0.25) is 0 Å². The molecule has 0 aliphatic carbocycles. The van der Waals surface area contributed by atoms with Gasteiger partial charge in [0, 0.05) is 46.7 Å². The molecular weight excluding hydrogens is 421 g/mol. The Balaban J connectivity index is 1.82. The third kappa shape index (κ3) is 3.94. The largest absolute Gasteiger partial charge is 0.406 e. The standard InChI is InChI=1S/C18H11F3N6O2S/c19-18(20,21)10-26-16(11-3-6-22-7-4-11)24-25-17(26)30-15-2-1-14(27(28)29)13-9-23-8-5-12(13)15/h1-9H,10H2. The highest BCUT2D eigenvalue weighted by Crippen LogP contribution is 2.38. The Morgan fingerprint density at radius 3 is 2.43 bits per heavy atom. The summed E-state index contributed by atoms with van der Waals surface area (Å²) in [5.74, 6) is 0.0464. The summed E-state index contributed by atoms with van der Waals surface area (Å²) in [5.41, 5.74) is 0.294. The molecule has 4 rings (SSSR count). The number of halogens is 3. The minimum absolute atomic E-state index is 0.00565. The summed E-state index contributed by atoms with van der Waals surface area (Å²) in [6.45, 7) is -1.29. The van der Waals surface area contributed by atoms with Crippen molar-refractivity contribution in [3.8, 4) is 11.4 Å². The highest BCUT2D eigenvalue weighted by molar-refractivity contribution is 7.99. The van der Waals surface area contributed by atoms with Crippen molar-refractivity contribution in [2.24, 2.45) is 0 Å². The number of aromatic nitrogens is 5. The lowest BCUT2D eigenvalue weighted by molar-refractivity contribution is -0.383. The maximum Gasteiger partial charge on any atom is 0.406 e. The molecule has 4 aromatic rings. The van der Waals surface area contributed by atoms with Crippen molar-refractivity contribution in [1.82, 2.24) is 24.7 Å². The highest BCUT2D eigenvalue weighted by Gasteiger charge is 2.32. The summed E-state index contributed by atoms with van der Waals surface area (Å²) in [4.78, 5) is 19.0. The molecule has 0 spiro atoms. The number of fused-ring (bicyclic) bond motifs is 1. The highest BCUT2D eigenvalue weighted by atomic mass is 32.2. The molecule has 0 atom stereocenters. The van der Waals surface area contributed by atoms with E-state index in [9.17, 15) is 23.3 Å². The van der Waals surface area contributed by atoms with Crippen molar-refractivity contribution in [2.75, 3.05) is 0 Å². The molecule has 0 N–H and O–H groups in total. The molecule has 1 aromatic carbocycles. The van der Waals surface area contributed by atoms with Crippen LogP contribution in [0, 0.1) is 10.1 Å². The summed E-state index contributed by atoms with van der Waals surface area (Å²) >= 11 is 0.944. The van der Waals surface area contributed by atoms with E-state index in [1.165, 1.54) is 49.1 Å². The van der Waals surface area contributed by atoms with Crippen molar-refractivity contribution in [2.45, 2.75) is 22.8 Å². The third-order valence-corrected chi connectivity index (χ3v) is 5.21. The number of nitro groups is 1. The minimum atomic E-state index is -4.50. The molecule has 3 aromatic heterocycles. The van der Waals surface area contributed by atoms with Crippen LogP contribution < -0.4 is 0 Å². The second-order valence-electron chi connectivity index (χ2n) is 6.11. The van der Waals surface area contributed by atoms with Gasteiger partial charge in [-0.25, -0.2) is 0 Å². The number of alkyl halides is 3. The van der Waals surface area contributed by atoms with Crippen molar-refractivity contribution in [3.63, 3.8) is 0 Å². The number of non-ortho nitro benzene ring substituents is 1. The van der Waals surface area contributed by atoms with Gasteiger partial charge in [-0.2, -0.15) is 13.2 Å². The number of pyridine rings is 2. The molecule has 0 unspecified atom stereocenters. The van der Waals surface area contributed by atoms with Gasteiger partial charge in [-0.3, -0.25) is 24.6 Å². The fraction of sp³-hybridized carbons (Fsp3) is 0.111. The Hall–Kier alpha value is -3.54. The molecule has 0 amide bonds. The van der Waals surface area contributed by atoms with Crippen LogP contribution in [0.1, 0.15) is 0 Å². The van der Waals surface area contributed by atoms with Crippen molar-refractivity contribution >= 4 is 28.2 Å². The van der Waals surface area contributed by atoms with Gasteiger partial charge in [-0.15, -0.1) is 10.2 Å². The second-order valence-corrected chi connectivity index (χ2v) is 7.12. The molecule has 12 heteroatoms. The number of hydrogen-bond acceptors (Lipinski definition) is 7. The Kier molecular flexibility index (Phi) is 5.08. The van der Waals surface area contributed by atoms with Gasteiger partial charge in [0.25, 0.3) is 5.69 Å². The van der Waals surface area contributed by atoms with Gasteiger partial charge >= 0.3 is 6.18 Å². The topological polar surface area (TPSA) is 99.6 Å². The molecular formula is C18H11F3N6O2S. The van der Waals surface area contributed by atoms with Crippen LogP contribution in [0.5, 0.6) is 0 Å². The fourth-order valence-electron chi connectivity index (χ4n) is 2.89. The van der Waals surface area contributed by atoms with E-state index in [2.05, 4.69) is 20.2 Å². The van der Waals surface area contributed by atoms with Gasteiger partial charge < -0.3 is 0 Å².